The van der Waals surface area contributed by atoms with Crippen LogP contribution in [0.2, 0.25) is 0 Å². The van der Waals surface area contributed by atoms with E-state index < -0.39 is 10.0 Å². The molecular weight excluding hydrogens is 248 g/mol. The van der Waals surface area contributed by atoms with Crippen molar-refractivity contribution >= 4 is 10.0 Å². The average molecular weight is 270 g/mol. The second-order valence-electron chi connectivity index (χ2n) is 4.60. The average Bonchev–Trinajstić information content (AvgIpc) is 2.28. The van der Waals surface area contributed by atoms with Crippen LogP contribution < -0.4 is 10.0 Å². The van der Waals surface area contributed by atoms with E-state index in [4.69, 9.17) is 0 Å². The van der Waals surface area contributed by atoms with Gasteiger partial charge in [-0.05, 0) is 18.5 Å². The molecule has 0 atom stereocenters. The van der Waals surface area contributed by atoms with Crippen LogP contribution in [0.25, 0.3) is 0 Å². The maximum Gasteiger partial charge on any atom is 0.215 e. The highest BCUT2D eigenvalue weighted by Gasteiger charge is 2.09. The van der Waals surface area contributed by atoms with Crippen LogP contribution in [-0.2, 0) is 15.8 Å². The number of rotatable bonds is 8. The van der Waals surface area contributed by atoms with Crippen LogP contribution in [0.5, 0.6) is 0 Å². The number of sulfonamides is 1. The van der Waals surface area contributed by atoms with E-state index in [1.165, 1.54) is 0 Å². The largest absolute Gasteiger partial charge is 0.314 e. The number of benzene rings is 1. The highest BCUT2D eigenvalue weighted by molar-refractivity contribution is 7.88. The van der Waals surface area contributed by atoms with Crippen LogP contribution in [-0.4, -0.2) is 27.5 Å². The van der Waals surface area contributed by atoms with Crippen LogP contribution >= 0.6 is 0 Å². The Labute approximate surface area is 110 Å². The van der Waals surface area contributed by atoms with Gasteiger partial charge in [-0.3, -0.25) is 0 Å². The third kappa shape index (κ3) is 6.74. The minimum Gasteiger partial charge on any atom is -0.314 e. The molecule has 0 amide bonds. The summed E-state index contributed by atoms with van der Waals surface area (Å²) in [6, 6.07) is 9.64. The predicted octanol–water partition coefficient (Wildman–Crippen LogP) is 1.49. The molecule has 1 aromatic rings. The maximum atomic E-state index is 11.8. The molecule has 4 nitrogen and oxygen atoms in total. The lowest BCUT2D eigenvalue weighted by Crippen LogP contribution is -2.30. The van der Waals surface area contributed by atoms with Gasteiger partial charge in [0, 0.05) is 12.6 Å². The van der Waals surface area contributed by atoms with Gasteiger partial charge >= 0.3 is 0 Å². The highest BCUT2D eigenvalue weighted by Crippen LogP contribution is 2.03. The Kier molecular flexibility index (Phi) is 6.32. The van der Waals surface area contributed by atoms with Crippen molar-refractivity contribution in [2.45, 2.75) is 32.1 Å². The first-order chi connectivity index (χ1) is 8.49. The van der Waals surface area contributed by atoms with E-state index in [0.29, 0.717) is 12.6 Å². The van der Waals surface area contributed by atoms with E-state index in [1.807, 2.05) is 30.3 Å². The summed E-state index contributed by atoms with van der Waals surface area (Å²) in [7, 11) is -3.21. The molecule has 2 N–H and O–H groups in total. The van der Waals surface area contributed by atoms with Gasteiger partial charge in [-0.25, -0.2) is 13.1 Å². The zero-order valence-corrected chi connectivity index (χ0v) is 11.8. The van der Waals surface area contributed by atoms with Gasteiger partial charge in [0.2, 0.25) is 10.0 Å². The second-order valence-corrected chi connectivity index (χ2v) is 6.41. The standard InChI is InChI=1S/C13H22N2O2S/c1-12(2)14-9-6-10-15-18(16,17)11-13-7-4-3-5-8-13/h3-5,7-8,12,14-15H,6,9-11H2,1-2H3. The number of hydrogen-bond donors (Lipinski definition) is 2. The fourth-order valence-electron chi connectivity index (χ4n) is 1.55. The quantitative estimate of drug-likeness (QED) is 0.704. The van der Waals surface area contributed by atoms with Crippen LogP contribution in [0.15, 0.2) is 30.3 Å². The van der Waals surface area contributed by atoms with E-state index in [0.717, 1.165) is 18.5 Å². The van der Waals surface area contributed by atoms with Gasteiger partial charge in [0.25, 0.3) is 0 Å². The zero-order chi connectivity index (χ0) is 13.4. The molecule has 5 heteroatoms. The molecule has 0 spiro atoms. The first-order valence-electron chi connectivity index (χ1n) is 6.24. The number of hydrogen-bond acceptors (Lipinski definition) is 3. The first-order valence-corrected chi connectivity index (χ1v) is 7.89. The van der Waals surface area contributed by atoms with Crippen LogP contribution in [0.1, 0.15) is 25.8 Å². The van der Waals surface area contributed by atoms with Gasteiger partial charge < -0.3 is 5.32 Å². The summed E-state index contributed by atoms with van der Waals surface area (Å²) < 4.78 is 26.1. The Balaban J connectivity index is 2.28. The third-order valence-corrected chi connectivity index (χ3v) is 3.78. The van der Waals surface area contributed by atoms with Crippen molar-refractivity contribution in [3.8, 4) is 0 Å². The molecule has 102 valence electrons. The Bertz CT molecular complexity index is 430. The van der Waals surface area contributed by atoms with Crippen molar-refractivity contribution in [1.29, 1.82) is 0 Å². The minimum absolute atomic E-state index is 0.0471. The van der Waals surface area contributed by atoms with E-state index in [2.05, 4.69) is 23.9 Å². The van der Waals surface area contributed by atoms with Gasteiger partial charge in [-0.15, -0.1) is 0 Å². The topological polar surface area (TPSA) is 58.2 Å². The van der Waals surface area contributed by atoms with Gasteiger partial charge in [0.1, 0.15) is 0 Å². The smallest absolute Gasteiger partial charge is 0.215 e. The van der Waals surface area contributed by atoms with Crippen LogP contribution in [0.3, 0.4) is 0 Å². The summed E-state index contributed by atoms with van der Waals surface area (Å²) in [4.78, 5) is 0. The molecule has 0 unspecified atom stereocenters. The molecular formula is C13H22N2O2S. The van der Waals surface area contributed by atoms with Gasteiger partial charge in [-0.1, -0.05) is 44.2 Å². The molecule has 0 aliphatic carbocycles. The van der Waals surface area contributed by atoms with Crippen molar-refractivity contribution in [2.75, 3.05) is 13.1 Å². The monoisotopic (exact) mass is 270 g/mol. The summed E-state index contributed by atoms with van der Waals surface area (Å²) in [5.74, 6) is 0.0471. The Hall–Kier alpha value is -0.910. The molecule has 0 saturated heterocycles. The Morgan fingerprint density at radius 2 is 1.78 bits per heavy atom. The Morgan fingerprint density at radius 1 is 1.11 bits per heavy atom. The molecule has 0 radical (unpaired) electrons. The third-order valence-electron chi connectivity index (χ3n) is 2.43. The summed E-state index contributed by atoms with van der Waals surface area (Å²) in [6.45, 7) is 5.44. The molecule has 1 aromatic carbocycles. The lowest BCUT2D eigenvalue weighted by atomic mass is 10.2. The number of nitrogens with one attached hydrogen (secondary N) is 2. The fourth-order valence-corrected chi connectivity index (χ4v) is 2.74. The lowest BCUT2D eigenvalue weighted by molar-refractivity contribution is 0.554. The Morgan fingerprint density at radius 3 is 2.39 bits per heavy atom. The van der Waals surface area contributed by atoms with Crippen LogP contribution in [0, 0.1) is 0 Å². The SMILES string of the molecule is CC(C)NCCCNS(=O)(=O)Cc1ccccc1. The highest BCUT2D eigenvalue weighted by atomic mass is 32.2. The first kappa shape index (κ1) is 15.1. The molecule has 0 bridgehead atoms. The van der Waals surface area contributed by atoms with Gasteiger partial charge in [0.05, 0.1) is 5.75 Å². The van der Waals surface area contributed by atoms with Crippen molar-refractivity contribution in [3.05, 3.63) is 35.9 Å². The van der Waals surface area contributed by atoms with Crippen molar-refractivity contribution < 1.29 is 8.42 Å². The van der Waals surface area contributed by atoms with E-state index in [9.17, 15) is 8.42 Å². The molecule has 0 aliphatic rings. The fraction of sp³-hybridized carbons (Fsp3) is 0.538. The summed E-state index contributed by atoms with van der Waals surface area (Å²) in [6.07, 6.45) is 0.798. The zero-order valence-electron chi connectivity index (χ0n) is 11.0. The minimum atomic E-state index is -3.21. The summed E-state index contributed by atoms with van der Waals surface area (Å²) in [5, 5.41) is 3.25. The molecule has 0 aliphatic heterocycles. The molecule has 0 fully saturated rings. The van der Waals surface area contributed by atoms with Gasteiger partial charge in [0.15, 0.2) is 0 Å². The van der Waals surface area contributed by atoms with Crippen molar-refractivity contribution in [3.63, 3.8) is 0 Å². The molecule has 18 heavy (non-hydrogen) atoms. The summed E-state index contributed by atoms with van der Waals surface area (Å²) in [5.41, 5.74) is 0.810. The lowest BCUT2D eigenvalue weighted by Gasteiger charge is -2.09. The van der Waals surface area contributed by atoms with E-state index in [1.54, 1.807) is 0 Å². The van der Waals surface area contributed by atoms with E-state index in [-0.39, 0.29) is 5.75 Å². The second kappa shape index (κ2) is 7.51. The maximum absolute atomic E-state index is 11.8. The molecule has 0 saturated carbocycles. The van der Waals surface area contributed by atoms with Crippen molar-refractivity contribution in [2.24, 2.45) is 0 Å². The summed E-state index contributed by atoms with van der Waals surface area (Å²) >= 11 is 0. The van der Waals surface area contributed by atoms with Crippen molar-refractivity contribution in [1.82, 2.24) is 10.0 Å². The predicted molar refractivity (Wildman–Crippen MR) is 74.8 cm³/mol. The van der Waals surface area contributed by atoms with Gasteiger partial charge in [-0.2, -0.15) is 0 Å². The molecule has 0 aromatic heterocycles. The molecule has 1 rings (SSSR count). The normalized spacial score (nSPS) is 11.9. The van der Waals surface area contributed by atoms with E-state index >= 15 is 0 Å². The van der Waals surface area contributed by atoms with Crippen LogP contribution in [0.4, 0.5) is 0 Å². The molecule has 0 heterocycles.